The molecule has 1 N–H and O–H groups in total. The molecule has 20 heavy (non-hydrogen) atoms. The number of hydrogen-bond donors (Lipinski definition) is 1. The zero-order valence-corrected chi connectivity index (χ0v) is 11.9. The van der Waals surface area contributed by atoms with Crippen molar-refractivity contribution in [3.8, 4) is 11.1 Å². The lowest BCUT2D eigenvalue weighted by molar-refractivity contribution is 0.487. The van der Waals surface area contributed by atoms with Crippen molar-refractivity contribution < 1.29 is 21.4 Å². The first kappa shape index (κ1) is 14.7. The summed E-state index contributed by atoms with van der Waals surface area (Å²) in [6.45, 7) is 0. The maximum absolute atomic E-state index is 11.8. The largest absolute Gasteiger partial charge is 0.285 e. The van der Waals surface area contributed by atoms with Gasteiger partial charge in [0, 0.05) is 0 Å². The number of sulfone groups is 1. The number of rotatable bonds is 4. The van der Waals surface area contributed by atoms with E-state index in [-0.39, 0.29) is 4.90 Å². The summed E-state index contributed by atoms with van der Waals surface area (Å²) in [5.74, 6) is 0. The van der Waals surface area contributed by atoms with Crippen LogP contribution in [-0.2, 0) is 20.0 Å². The summed E-state index contributed by atoms with van der Waals surface area (Å²) in [6, 6.07) is 15.2. The van der Waals surface area contributed by atoms with Gasteiger partial charge in [-0.1, -0.05) is 42.5 Å². The van der Waals surface area contributed by atoms with Crippen LogP contribution in [0.25, 0.3) is 11.1 Å². The Morgan fingerprint density at radius 3 is 1.75 bits per heavy atom. The minimum atomic E-state index is -4.58. The molecule has 0 atom stereocenters. The molecule has 0 radical (unpaired) electrons. The molecule has 2 aromatic carbocycles. The van der Waals surface area contributed by atoms with Crippen LogP contribution in [0.3, 0.4) is 0 Å². The zero-order chi connectivity index (χ0) is 14.8. The van der Waals surface area contributed by atoms with E-state index < -0.39 is 25.0 Å². The van der Waals surface area contributed by atoms with Crippen molar-refractivity contribution >= 4 is 20.0 Å². The lowest BCUT2D eigenvalue weighted by Crippen LogP contribution is -2.15. The average molecular weight is 312 g/mol. The van der Waals surface area contributed by atoms with Crippen LogP contribution in [0.4, 0.5) is 0 Å². The van der Waals surface area contributed by atoms with Crippen LogP contribution in [0.1, 0.15) is 0 Å². The molecule has 5 nitrogen and oxygen atoms in total. The van der Waals surface area contributed by atoms with E-state index in [1.807, 2.05) is 30.3 Å². The van der Waals surface area contributed by atoms with E-state index in [0.29, 0.717) is 0 Å². The molecule has 0 unspecified atom stereocenters. The Morgan fingerprint density at radius 1 is 0.750 bits per heavy atom. The summed E-state index contributed by atoms with van der Waals surface area (Å²) in [5, 5.41) is -1.31. The molecule has 7 heteroatoms. The fraction of sp³-hybridized carbons (Fsp3) is 0.0769. The van der Waals surface area contributed by atoms with E-state index in [2.05, 4.69) is 0 Å². The van der Waals surface area contributed by atoms with E-state index in [4.69, 9.17) is 4.55 Å². The van der Waals surface area contributed by atoms with Crippen LogP contribution in [0, 0.1) is 0 Å². The van der Waals surface area contributed by atoms with Crippen LogP contribution < -0.4 is 0 Å². The first-order valence-electron chi connectivity index (χ1n) is 5.61. The Balaban J connectivity index is 2.34. The lowest BCUT2D eigenvalue weighted by Gasteiger charge is -2.05. The SMILES string of the molecule is O=S(=O)(O)CS(=O)(=O)c1ccc(-c2ccccc2)cc1. The molecule has 0 saturated heterocycles. The molecule has 0 amide bonds. The van der Waals surface area contributed by atoms with Crippen molar-refractivity contribution in [1.29, 1.82) is 0 Å². The summed E-state index contributed by atoms with van der Waals surface area (Å²) >= 11 is 0. The first-order valence-corrected chi connectivity index (χ1v) is 8.87. The average Bonchev–Trinajstić information content (AvgIpc) is 2.37. The predicted octanol–water partition coefficient (Wildman–Crippen LogP) is 1.97. The highest BCUT2D eigenvalue weighted by molar-refractivity contribution is 8.05. The van der Waals surface area contributed by atoms with E-state index in [9.17, 15) is 16.8 Å². The van der Waals surface area contributed by atoms with Crippen molar-refractivity contribution in [2.45, 2.75) is 4.90 Å². The van der Waals surface area contributed by atoms with Gasteiger partial charge in [-0.15, -0.1) is 0 Å². The molecule has 0 saturated carbocycles. The topological polar surface area (TPSA) is 88.5 Å². The van der Waals surface area contributed by atoms with Gasteiger partial charge in [-0.3, -0.25) is 4.55 Å². The Hall–Kier alpha value is -1.70. The second kappa shape index (κ2) is 5.35. The van der Waals surface area contributed by atoms with Crippen molar-refractivity contribution in [1.82, 2.24) is 0 Å². The maximum Gasteiger partial charge on any atom is 0.279 e. The molecular formula is C13H12O5S2. The van der Waals surface area contributed by atoms with E-state index >= 15 is 0 Å². The Morgan fingerprint density at radius 2 is 1.25 bits per heavy atom. The highest BCUT2D eigenvalue weighted by Crippen LogP contribution is 2.21. The summed E-state index contributed by atoms with van der Waals surface area (Å²) in [6.07, 6.45) is 0. The standard InChI is InChI=1S/C13H12O5S2/c14-19(15,10-20(16,17)18)13-8-6-12(7-9-13)11-4-2-1-3-5-11/h1-9H,10H2,(H,16,17,18). The third-order valence-corrected chi connectivity index (χ3v) is 6.05. The molecular weight excluding hydrogens is 300 g/mol. The number of hydrogen-bond acceptors (Lipinski definition) is 4. The fourth-order valence-electron chi connectivity index (χ4n) is 1.75. The molecule has 0 aromatic heterocycles. The van der Waals surface area contributed by atoms with Gasteiger partial charge in [0.15, 0.2) is 14.9 Å². The molecule has 0 aliphatic rings. The van der Waals surface area contributed by atoms with Gasteiger partial charge in [-0.25, -0.2) is 8.42 Å². The second-order valence-corrected chi connectivity index (χ2v) is 8.01. The van der Waals surface area contributed by atoms with Gasteiger partial charge in [0.05, 0.1) is 4.90 Å². The summed E-state index contributed by atoms with van der Waals surface area (Å²) in [5.41, 5.74) is 1.74. The van der Waals surface area contributed by atoms with Crippen LogP contribution >= 0.6 is 0 Å². The summed E-state index contributed by atoms with van der Waals surface area (Å²) in [4.78, 5) is -0.144. The normalized spacial score (nSPS) is 12.2. The molecule has 0 aliphatic carbocycles. The van der Waals surface area contributed by atoms with E-state index in [1.54, 1.807) is 12.1 Å². The van der Waals surface area contributed by atoms with Crippen LogP contribution in [0.15, 0.2) is 59.5 Å². The van der Waals surface area contributed by atoms with Gasteiger partial charge in [-0.2, -0.15) is 8.42 Å². The van der Waals surface area contributed by atoms with Crippen LogP contribution in [0.5, 0.6) is 0 Å². The van der Waals surface area contributed by atoms with Crippen molar-refractivity contribution in [2.75, 3.05) is 5.08 Å². The van der Waals surface area contributed by atoms with Gasteiger partial charge in [-0.05, 0) is 23.3 Å². The van der Waals surface area contributed by atoms with E-state index in [0.717, 1.165) is 11.1 Å². The molecule has 2 rings (SSSR count). The van der Waals surface area contributed by atoms with E-state index in [1.165, 1.54) is 12.1 Å². The molecule has 0 fully saturated rings. The van der Waals surface area contributed by atoms with Gasteiger partial charge < -0.3 is 0 Å². The third kappa shape index (κ3) is 3.66. The highest BCUT2D eigenvalue weighted by atomic mass is 32.3. The van der Waals surface area contributed by atoms with Crippen molar-refractivity contribution in [2.24, 2.45) is 0 Å². The van der Waals surface area contributed by atoms with Crippen LogP contribution in [0.2, 0.25) is 0 Å². The van der Waals surface area contributed by atoms with Gasteiger partial charge in [0.25, 0.3) is 10.1 Å². The zero-order valence-electron chi connectivity index (χ0n) is 10.3. The molecule has 2 aromatic rings. The lowest BCUT2D eigenvalue weighted by atomic mass is 10.1. The fourth-order valence-corrected chi connectivity index (χ4v) is 4.41. The predicted molar refractivity (Wildman–Crippen MR) is 75.5 cm³/mol. The van der Waals surface area contributed by atoms with Gasteiger partial charge >= 0.3 is 0 Å². The molecule has 0 aliphatic heterocycles. The van der Waals surface area contributed by atoms with Crippen molar-refractivity contribution in [3.63, 3.8) is 0 Å². The quantitative estimate of drug-likeness (QED) is 0.872. The second-order valence-electron chi connectivity index (χ2n) is 4.20. The minimum absolute atomic E-state index is 0.144. The minimum Gasteiger partial charge on any atom is -0.285 e. The summed E-state index contributed by atoms with van der Waals surface area (Å²) < 4.78 is 53.5. The van der Waals surface area contributed by atoms with Crippen molar-refractivity contribution in [3.05, 3.63) is 54.6 Å². The van der Waals surface area contributed by atoms with Gasteiger partial charge in [0.1, 0.15) is 0 Å². The molecule has 0 spiro atoms. The molecule has 0 heterocycles. The maximum atomic E-state index is 11.8. The Bertz CT molecular complexity index is 792. The smallest absolute Gasteiger partial charge is 0.279 e. The van der Waals surface area contributed by atoms with Gasteiger partial charge in [0.2, 0.25) is 0 Å². The third-order valence-electron chi connectivity index (χ3n) is 2.62. The summed E-state index contributed by atoms with van der Waals surface area (Å²) in [7, 11) is -8.64. The molecule has 0 bridgehead atoms. The monoisotopic (exact) mass is 312 g/mol. The van der Waals surface area contributed by atoms with Crippen LogP contribution in [-0.4, -0.2) is 26.5 Å². The highest BCUT2D eigenvalue weighted by Gasteiger charge is 2.22. The number of benzene rings is 2. The molecule has 106 valence electrons. The Labute approximate surface area is 117 Å². The first-order chi connectivity index (χ1) is 9.28. The Kier molecular flexibility index (Phi) is 3.94.